The largest absolute Gasteiger partial charge is 0.486 e. The van der Waals surface area contributed by atoms with Crippen LogP contribution in [0.2, 0.25) is 0 Å². The van der Waals surface area contributed by atoms with Gasteiger partial charge in [0.15, 0.2) is 11.5 Å². The lowest BCUT2D eigenvalue weighted by molar-refractivity contribution is 0.171. The van der Waals surface area contributed by atoms with Crippen LogP contribution in [0.4, 0.5) is 0 Å². The predicted octanol–water partition coefficient (Wildman–Crippen LogP) is 2.41. The topological polar surface area (TPSA) is 68.3 Å². The van der Waals surface area contributed by atoms with Gasteiger partial charge < -0.3 is 15.2 Å². The fourth-order valence-corrected chi connectivity index (χ4v) is 2.09. The molecule has 1 heterocycles. The van der Waals surface area contributed by atoms with Crippen LogP contribution in [0, 0.1) is 5.41 Å². The highest BCUT2D eigenvalue weighted by Crippen LogP contribution is 2.34. The summed E-state index contributed by atoms with van der Waals surface area (Å²) in [6.07, 6.45) is 0. The summed E-state index contributed by atoms with van der Waals surface area (Å²) in [5.74, 6) is 1.61. The van der Waals surface area contributed by atoms with E-state index in [1.807, 2.05) is 42.5 Å². The Bertz CT molecular complexity index is 638. The average Bonchev–Trinajstić information content (AvgIpc) is 2.47. The highest BCUT2D eigenvalue weighted by Gasteiger charge is 2.12. The molecule has 2 aromatic rings. The van der Waals surface area contributed by atoms with E-state index in [0.717, 1.165) is 22.6 Å². The number of nitrogens with one attached hydrogen (secondary N) is 1. The standard InChI is InChI=1S/C15H14N2O2/c16-15(17)12-3-1-2-10(8-12)11-4-5-13-14(9-11)19-7-6-18-13/h1-5,8-9H,6-7H2,(H3,16,17). The Kier molecular flexibility index (Phi) is 2.83. The molecule has 0 saturated carbocycles. The van der Waals surface area contributed by atoms with Crippen molar-refractivity contribution in [2.24, 2.45) is 5.73 Å². The second-order valence-electron chi connectivity index (χ2n) is 4.35. The van der Waals surface area contributed by atoms with Crippen molar-refractivity contribution in [1.82, 2.24) is 0 Å². The fourth-order valence-electron chi connectivity index (χ4n) is 2.09. The predicted molar refractivity (Wildman–Crippen MR) is 73.9 cm³/mol. The Morgan fingerprint density at radius 3 is 2.47 bits per heavy atom. The van der Waals surface area contributed by atoms with Gasteiger partial charge in [-0.1, -0.05) is 24.3 Å². The van der Waals surface area contributed by atoms with Gasteiger partial charge in [0, 0.05) is 5.56 Å². The maximum absolute atomic E-state index is 7.48. The summed E-state index contributed by atoms with van der Waals surface area (Å²) in [5.41, 5.74) is 8.25. The van der Waals surface area contributed by atoms with Crippen molar-refractivity contribution in [3.63, 3.8) is 0 Å². The molecule has 0 unspecified atom stereocenters. The van der Waals surface area contributed by atoms with Gasteiger partial charge in [0.2, 0.25) is 0 Å². The lowest BCUT2D eigenvalue weighted by atomic mass is 10.0. The highest BCUT2D eigenvalue weighted by atomic mass is 16.6. The van der Waals surface area contributed by atoms with E-state index in [9.17, 15) is 0 Å². The average molecular weight is 254 g/mol. The molecule has 0 fully saturated rings. The van der Waals surface area contributed by atoms with Crippen LogP contribution in [0.5, 0.6) is 11.5 Å². The number of amidine groups is 1. The first-order valence-electron chi connectivity index (χ1n) is 6.08. The van der Waals surface area contributed by atoms with Crippen molar-refractivity contribution in [2.45, 2.75) is 0 Å². The molecule has 0 aromatic heterocycles. The normalized spacial score (nSPS) is 13.1. The van der Waals surface area contributed by atoms with Crippen molar-refractivity contribution in [3.8, 4) is 22.6 Å². The van der Waals surface area contributed by atoms with Crippen molar-refractivity contribution in [3.05, 3.63) is 48.0 Å². The Balaban J connectivity index is 2.02. The zero-order chi connectivity index (χ0) is 13.2. The van der Waals surface area contributed by atoms with Gasteiger partial charge in [0.25, 0.3) is 0 Å². The molecule has 0 aliphatic carbocycles. The zero-order valence-electron chi connectivity index (χ0n) is 10.3. The molecule has 2 aromatic carbocycles. The van der Waals surface area contributed by atoms with Crippen LogP contribution in [0.15, 0.2) is 42.5 Å². The summed E-state index contributed by atoms with van der Waals surface area (Å²) in [7, 11) is 0. The number of hydrogen-bond donors (Lipinski definition) is 2. The van der Waals surface area contributed by atoms with Crippen LogP contribution in [-0.4, -0.2) is 19.0 Å². The number of nitrogen functional groups attached to an aromatic ring is 1. The minimum Gasteiger partial charge on any atom is -0.486 e. The molecule has 96 valence electrons. The molecule has 3 rings (SSSR count). The molecule has 0 atom stereocenters. The van der Waals surface area contributed by atoms with E-state index < -0.39 is 0 Å². The second-order valence-corrected chi connectivity index (χ2v) is 4.35. The molecule has 0 saturated heterocycles. The van der Waals surface area contributed by atoms with E-state index in [4.69, 9.17) is 20.6 Å². The molecule has 0 radical (unpaired) electrons. The van der Waals surface area contributed by atoms with Crippen LogP contribution in [0.25, 0.3) is 11.1 Å². The lowest BCUT2D eigenvalue weighted by Gasteiger charge is -2.19. The molecule has 1 aliphatic rings. The molecule has 0 amide bonds. The summed E-state index contributed by atoms with van der Waals surface area (Å²) in [6.45, 7) is 1.16. The maximum atomic E-state index is 7.48. The third-order valence-electron chi connectivity index (χ3n) is 3.05. The zero-order valence-corrected chi connectivity index (χ0v) is 10.3. The first-order valence-corrected chi connectivity index (χ1v) is 6.08. The van der Waals surface area contributed by atoms with Gasteiger partial charge in [-0.15, -0.1) is 0 Å². The van der Waals surface area contributed by atoms with Crippen molar-refractivity contribution in [2.75, 3.05) is 13.2 Å². The summed E-state index contributed by atoms with van der Waals surface area (Å²) < 4.78 is 11.1. The molecule has 4 nitrogen and oxygen atoms in total. The quantitative estimate of drug-likeness (QED) is 0.638. The van der Waals surface area contributed by atoms with Gasteiger partial charge in [-0.05, 0) is 29.3 Å². The molecular weight excluding hydrogens is 240 g/mol. The van der Waals surface area contributed by atoms with Gasteiger partial charge in [-0.25, -0.2) is 0 Å². The van der Waals surface area contributed by atoms with E-state index in [1.165, 1.54) is 0 Å². The molecule has 4 heteroatoms. The van der Waals surface area contributed by atoms with Gasteiger partial charge in [0.05, 0.1) is 0 Å². The molecule has 19 heavy (non-hydrogen) atoms. The van der Waals surface area contributed by atoms with Gasteiger partial charge in [-0.3, -0.25) is 5.41 Å². The number of benzene rings is 2. The third kappa shape index (κ3) is 2.25. The molecule has 3 N–H and O–H groups in total. The van der Waals surface area contributed by atoms with Crippen molar-refractivity contribution in [1.29, 1.82) is 5.41 Å². The highest BCUT2D eigenvalue weighted by molar-refractivity contribution is 5.96. The molecule has 0 spiro atoms. The van der Waals surface area contributed by atoms with Crippen molar-refractivity contribution < 1.29 is 9.47 Å². The van der Waals surface area contributed by atoms with Crippen LogP contribution in [0.3, 0.4) is 0 Å². The van der Waals surface area contributed by atoms with Gasteiger partial charge >= 0.3 is 0 Å². The first kappa shape index (κ1) is 11.6. The summed E-state index contributed by atoms with van der Waals surface area (Å²) in [4.78, 5) is 0. The minimum atomic E-state index is 0.0689. The van der Waals surface area contributed by atoms with Crippen LogP contribution in [-0.2, 0) is 0 Å². The van der Waals surface area contributed by atoms with E-state index in [1.54, 1.807) is 0 Å². The number of ether oxygens (including phenoxy) is 2. The van der Waals surface area contributed by atoms with Crippen LogP contribution in [0.1, 0.15) is 5.56 Å². The number of rotatable bonds is 2. The van der Waals surface area contributed by atoms with Crippen LogP contribution < -0.4 is 15.2 Å². The Labute approximate surface area is 111 Å². The first-order chi connectivity index (χ1) is 9.24. The SMILES string of the molecule is N=C(N)c1cccc(-c2ccc3c(c2)OCCO3)c1. The fraction of sp³-hybridized carbons (Fsp3) is 0.133. The van der Waals surface area contributed by atoms with E-state index >= 15 is 0 Å². The monoisotopic (exact) mass is 254 g/mol. The van der Waals surface area contributed by atoms with E-state index in [0.29, 0.717) is 18.8 Å². The number of nitrogens with two attached hydrogens (primary N) is 1. The lowest BCUT2D eigenvalue weighted by Crippen LogP contribution is -2.15. The van der Waals surface area contributed by atoms with Crippen molar-refractivity contribution >= 4 is 5.84 Å². The maximum Gasteiger partial charge on any atom is 0.161 e. The van der Waals surface area contributed by atoms with Crippen LogP contribution >= 0.6 is 0 Å². The molecule has 1 aliphatic heterocycles. The smallest absolute Gasteiger partial charge is 0.161 e. The summed E-state index contributed by atoms with van der Waals surface area (Å²) in [6, 6.07) is 13.4. The number of fused-ring (bicyclic) bond motifs is 1. The van der Waals surface area contributed by atoms with Gasteiger partial charge in [0.1, 0.15) is 19.0 Å². The van der Waals surface area contributed by atoms with E-state index in [-0.39, 0.29) is 5.84 Å². The molecular formula is C15H14N2O2. The summed E-state index contributed by atoms with van der Waals surface area (Å²) >= 11 is 0. The Morgan fingerprint density at radius 2 is 1.68 bits per heavy atom. The second kappa shape index (κ2) is 4.65. The minimum absolute atomic E-state index is 0.0689. The Morgan fingerprint density at radius 1 is 0.947 bits per heavy atom. The molecule has 0 bridgehead atoms. The third-order valence-corrected chi connectivity index (χ3v) is 3.05. The van der Waals surface area contributed by atoms with E-state index in [2.05, 4.69) is 0 Å². The summed E-state index contributed by atoms with van der Waals surface area (Å²) in [5, 5.41) is 7.48. The van der Waals surface area contributed by atoms with Gasteiger partial charge in [-0.2, -0.15) is 0 Å². The number of hydrogen-bond acceptors (Lipinski definition) is 3. The Hall–Kier alpha value is -2.49.